The van der Waals surface area contributed by atoms with Gasteiger partial charge in [-0.3, -0.25) is 9.59 Å². The molecule has 0 spiro atoms. The Labute approximate surface area is 282 Å². The first-order chi connectivity index (χ1) is 22.2. The highest BCUT2D eigenvalue weighted by atomic mass is 32.2. The Kier molecular flexibility index (Phi) is 13.7. The molecule has 0 radical (unpaired) electrons. The molecule has 46 heavy (non-hydrogen) atoms. The minimum atomic E-state index is 0.0739. The summed E-state index contributed by atoms with van der Waals surface area (Å²) in [5.41, 5.74) is 6.82. The van der Waals surface area contributed by atoms with Crippen LogP contribution in [0.25, 0.3) is 24.3 Å². The molecule has 0 N–H and O–H groups in total. The second-order valence-electron chi connectivity index (χ2n) is 11.2. The quantitative estimate of drug-likeness (QED) is 0.136. The number of carbonyl (C=O) groups excluding carboxylic acids is 2. The molecule has 4 aromatic rings. The fraction of sp³-hybridized carbons (Fsp3) is 0.263. The molecular weight excluding hydrogens is 609 g/mol. The van der Waals surface area contributed by atoms with Crippen LogP contribution < -0.4 is 18.9 Å². The molecule has 0 saturated heterocycles. The molecule has 2 heterocycles. The van der Waals surface area contributed by atoms with Crippen LogP contribution in [0.2, 0.25) is 0 Å². The van der Waals surface area contributed by atoms with Crippen LogP contribution in [0.4, 0.5) is 11.4 Å². The minimum absolute atomic E-state index is 0.0739. The summed E-state index contributed by atoms with van der Waals surface area (Å²) in [6, 6.07) is 25.1. The number of hydrogen-bond donors (Lipinski definition) is 0. The zero-order valence-electron chi connectivity index (χ0n) is 27.2. The fourth-order valence-electron chi connectivity index (χ4n) is 4.51. The standard InChI is InChI=1S/C38H44N4O2S2/c1-39-23-19-33(20-24-39)7-5-31-9-13-35(14-10-31)41(3)27-29-45-37(43)17-18-38(44)46-30-28-42(4)36-15-11-32(12-16-36)6-8-34-21-25-40(2)26-22-34/h5-16,19-26H,17-18,27-30H2,1-4H3/q+2. The van der Waals surface area contributed by atoms with Crippen molar-refractivity contribution in [3.8, 4) is 0 Å². The summed E-state index contributed by atoms with van der Waals surface area (Å²) < 4.78 is 4.03. The van der Waals surface area contributed by atoms with Crippen LogP contribution in [-0.2, 0) is 23.7 Å². The van der Waals surface area contributed by atoms with E-state index >= 15 is 0 Å². The Morgan fingerprint density at radius 2 is 0.848 bits per heavy atom. The average Bonchev–Trinajstić information content (AvgIpc) is 3.07. The van der Waals surface area contributed by atoms with Crippen molar-refractivity contribution in [2.24, 2.45) is 14.1 Å². The number of carbonyl (C=O) groups is 2. The van der Waals surface area contributed by atoms with Crippen molar-refractivity contribution in [3.05, 3.63) is 120 Å². The van der Waals surface area contributed by atoms with Gasteiger partial charge in [0.1, 0.15) is 14.1 Å². The van der Waals surface area contributed by atoms with Gasteiger partial charge in [0.25, 0.3) is 0 Å². The number of aromatic nitrogens is 2. The minimum Gasteiger partial charge on any atom is -0.374 e. The topological polar surface area (TPSA) is 48.4 Å². The largest absolute Gasteiger partial charge is 0.374 e. The van der Waals surface area contributed by atoms with Crippen molar-refractivity contribution in [1.82, 2.24) is 0 Å². The molecule has 0 fully saturated rings. The van der Waals surface area contributed by atoms with Gasteiger partial charge in [0, 0.05) is 87.2 Å². The van der Waals surface area contributed by atoms with E-state index in [1.165, 1.54) is 23.5 Å². The van der Waals surface area contributed by atoms with Gasteiger partial charge in [0.05, 0.1) is 0 Å². The van der Waals surface area contributed by atoms with Gasteiger partial charge in [-0.05, 0) is 46.5 Å². The van der Waals surface area contributed by atoms with Gasteiger partial charge in [-0.15, -0.1) is 0 Å². The van der Waals surface area contributed by atoms with Crippen LogP contribution in [0.5, 0.6) is 0 Å². The number of benzene rings is 2. The summed E-state index contributed by atoms with van der Waals surface area (Å²) in [7, 11) is 8.09. The lowest BCUT2D eigenvalue weighted by Gasteiger charge is -2.19. The first kappa shape index (κ1) is 34.7. The second kappa shape index (κ2) is 18.1. The molecule has 0 aliphatic heterocycles. The number of nitrogens with zero attached hydrogens (tertiary/aromatic N) is 4. The highest BCUT2D eigenvalue weighted by molar-refractivity contribution is 8.14. The summed E-state index contributed by atoms with van der Waals surface area (Å²) in [4.78, 5) is 29.1. The lowest BCUT2D eigenvalue weighted by molar-refractivity contribution is -0.671. The predicted molar refractivity (Wildman–Crippen MR) is 197 cm³/mol. The first-order valence-corrected chi connectivity index (χ1v) is 17.4. The Morgan fingerprint density at radius 1 is 0.543 bits per heavy atom. The van der Waals surface area contributed by atoms with Crippen LogP contribution in [-0.4, -0.2) is 48.9 Å². The van der Waals surface area contributed by atoms with Gasteiger partial charge >= 0.3 is 0 Å². The van der Waals surface area contributed by atoms with E-state index in [2.05, 4.69) is 107 Å². The second-order valence-corrected chi connectivity index (χ2v) is 13.5. The van der Waals surface area contributed by atoms with E-state index in [4.69, 9.17) is 0 Å². The number of pyridine rings is 2. The lowest BCUT2D eigenvalue weighted by Crippen LogP contribution is -2.25. The highest BCUT2D eigenvalue weighted by Crippen LogP contribution is 2.19. The summed E-state index contributed by atoms with van der Waals surface area (Å²) in [6.07, 6.45) is 17.1. The summed E-state index contributed by atoms with van der Waals surface area (Å²) in [6.45, 7) is 1.51. The number of rotatable bonds is 15. The zero-order valence-corrected chi connectivity index (χ0v) is 28.8. The van der Waals surface area contributed by atoms with E-state index in [0.717, 1.165) is 46.7 Å². The van der Waals surface area contributed by atoms with E-state index in [1.54, 1.807) is 0 Å². The smallest absolute Gasteiger partial charge is 0.189 e. The number of anilines is 2. The average molecular weight is 653 g/mol. The molecule has 2 aromatic heterocycles. The van der Waals surface area contributed by atoms with E-state index in [1.807, 2.05) is 62.1 Å². The lowest BCUT2D eigenvalue weighted by atomic mass is 10.1. The Balaban J connectivity index is 1.08. The maximum Gasteiger partial charge on any atom is 0.189 e. The van der Waals surface area contributed by atoms with Gasteiger partial charge in [0.15, 0.2) is 35.0 Å². The molecule has 4 rings (SSSR count). The third-order valence-corrected chi connectivity index (χ3v) is 9.35. The van der Waals surface area contributed by atoms with Crippen LogP contribution in [0, 0.1) is 0 Å². The zero-order chi connectivity index (χ0) is 32.7. The third kappa shape index (κ3) is 12.0. The van der Waals surface area contributed by atoms with Crippen molar-refractivity contribution in [3.63, 3.8) is 0 Å². The van der Waals surface area contributed by atoms with Crippen LogP contribution >= 0.6 is 23.5 Å². The van der Waals surface area contributed by atoms with Crippen molar-refractivity contribution in [2.75, 3.05) is 48.5 Å². The molecule has 0 amide bonds. The maximum atomic E-state index is 12.4. The molecule has 2 aromatic carbocycles. The molecule has 0 atom stereocenters. The molecule has 0 bridgehead atoms. The van der Waals surface area contributed by atoms with Crippen molar-refractivity contribution >= 4 is 69.4 Å². The Hall–Kier alpha value is -4.14. The number of hydrogen-bond acceptors (Lipinski definition) is 6. The van der Waals surface area contributed by atoms with Crippen molar-refractivity contribution < 1.29 is 18.7 Å². The van der Waals surface area contributed by atoms with Gasteiger partial charge in [0.2, 0.25) is 0 Å². The highest BCUT2D eigenvalue weighted by Gasteiger charge is 2.10. The van der Waals surface area contributed by atoms with Gasteiger partial charge in [-0.1, -0.05) is 72.1 Å². The molecular formula is C38H44N4O2S2+2. The molecule has 6 nitrogen and oxygen atoms in total. The molecule has 0 aliphatic rings. The van der Waals surface area contributed by atoms with Crippen molar-refractivity contribution in [1.29, 1.82) is 0 Å². The van der Waals surface area contributed by atoms with Gasteiger partial charge in [-0.25, -0.2) is 9.13 Å². The fourth-order valence-corrected chi connectivity index (χ4v) is 6.19. The van der Waals surface area contributed by atoms with Crippen LogP contribution in [0.1, 0.15) is 35.1 Å². The van der Waals surface area contributed by atoms with E-state index in [0.29, 0.717) is 11.5 Å². The van der Waals surface area contributed by atoms with Crippen LogP contribution in [0.15, 0.2) is 97.6 Å². The summed E-state index contributed by atoms with van der Waals surface area (Å²) in [5.74, 6) is 1.38. The SMILES string of the molecule is CN(CCSC(=O)CCC(=O)SCCN(C)c1ccc(/C=C/c2cc[n+](C)cc2)cc1)c1ccc(/C=C/c2cc[n+](C)cc2)cc1. The maximum absolute atomic E-state index is 12.4. The number of thioether (sulfide) groups is 2. The predicted octanol–water partition coefficient (Wildman–Crippen LogP) is 6.55. The summed E-state index contributed by atoms with van der Waals surface area (Å²) >= 11 is 2.62. The first-order valence-electron chi connectivity index (χ1n) is 15.5. The third-order valence-electron chi connectivity index (χ3n) is 7.53. The molecule has 0 aliphatic carbocycles. The molecule has 0 unspecified atom stereocenters. The number of aryl methyl sites for hydroxylation is 2. The Morgan fingerprint density at radius 3 is 1.17 bits per heavy atom. The Bertz CT molecular complexity index is 1480. The molecule has 238 valence electrons. The van der Waals surface area contributed by atoms with E-state index in [9.17, 15) is 9.59 Å². The van der Waals surface area contributed by atoms with Crippen LogP contribution in [0.3, 0.4) is 0 Å². The van der Waals surface area contributed by atoms with Crippen molar-refractivity contribution in [2.45, 2.75) is 12.8 Å². The normalized spacial score (nSPS) is 11.3. The van der Waals surface area contributed by atoms with E-state index in [-0.39, 0.29) is 23.1 Å². The van der Waals surface area contributed by atoms with E-state index < -0.39 is 0 Å². The van der Waals surface area contributed by atoms with Gasteiger partial charge in [-0.2, -0.15) is 0 Å². The monoisotopic (exact) mass is 652 g/mol. The summed E-state index contributed by atoms with van der Waals surface area (Å²) in [5, 5.41) is 0.148. The molecule has 8 heteroatoms. The van der Waals surface area contributed by atoms with Gasteiger partial charge < -0.3 is 9.80 Å². The molecule has 0 saturated carbocycles.